The maximum Gasteiger partial charge on any atom is 0.277 e. The minimum Gasteiger partial charge on any atom is -0.493 e. The van der Waals surface area contributed by atoms with Gasteiger partial charge in [-0.2, -0.15) is 0 Å². The Bertz CT molecular complexity index is 763. The molecule has 2 amide bonds. The summed E-state index contributed by atoms with van der Waals surface area (Å²) in [7, 11) is 3.14. The molecule has 2 aliphatic heterocycles. The zero-order valence-electron chi connectivity index (χ0n) is 16.6. The topological polar surface area (TPSA) is 59.1 Å². The van der Waals surface area contributed by atoms with Gasteiger partial charge in [0, 0.05) is 19.6 Å². The third kappa shape index (κ3) is 3.66. The van der Waals surface area contributed by atoms with Crippen molar-refractivity contribution in [2.75, 3.05) is 33.9 Å². The minimum absolute atomic E-state index is 0.180. The monoisotopic (exact) mass is 372 g/mol. The molecule has 1 aromatic carbocycles. The van der Waals surface area contributed by atoms with Crippen molar-refractivity contribution in [2.45, 2.75) is 33.1 Å². The number of hydrogen-bond acceptors (Lipinski definition) is 5. The molecule has 1 fully saturated rings. The second-order valence-electron chi connectivity index (χ2n) is 7.46. The van der Waals surface area contributed by atoms with E-state index in [0.29, 0.717) is 34.9 Å². The molecule has 0 spiro atoms. The van der Waals surface area contributed by atoms with E-state index in [1.807, 2.05) is 19.9 Å². The number of carbonyl (C=O) groups excluding carboxylic acids is 2. The molecule has 27 heavy (non-hydrogen) atoms. The first kappa shape index (κ1) is 19.3. The van der Waals surface area contributed by atoms with Gasteiger partial charge in [-0.3, -0.25) is 14.5 Å². The molecule has 146 valence electrons. The van der Waals surface area contributed by atoms with Crippen molar-refractivity contribution in [3.63, 3.8) is 0 Å². The number of amides is 2. The molecule has 0 saturated carbocycles. The lowest BCUT2D eigenvalue weighted by Crippen LogP contribution is -2.38. The normalized spacial score (nSPS) is 18.0. The summed E-state index contributed by atoms with van der Waals surface area (Å²) in [4.78, 5) is 29.8. The van der Waals surface area contributed by atoms with Crippen molar-refractivity contribution in [2.24, 2.45) is 5.92 Å². The van der Waals surface area contributed by atoms with Gasteiger partial charge in [0.1, 0.15) is 5.70 Å². The Morgan fingerprint density at radius 3 is 2.22 bits per heavy atom. The quantitative estimate of drug-likeness (QED) is 0.719. The van der Waals surface area contributed by atoms with Gasteiger partial charge >= 0.3 is 0 Å². The molecule has 0 unspecified atom stereocenters. The number of imide groups is 1. The van der Waals surface area contributed by atoms with Crippen LogP contribution in [0, 0.1) is 5.92 Å². The Hall–Kier alpha value is -2.50. The molecule has 6 nitrogen and oxygen atoms in total. The largest absolute Gasteiger partial charge is 0.493 e. The predicted octanol–water partition coefficient (Wildman–Crippen LogP) is 2.93. The van der Waals surface area contributed by atoms with E-state index < -0.39 is 0 Å². The fourth-order valence-electron chi connectivity index (χ4n) is 3.76. The molecule has 0 aromatic heterocycles. The van der Waals surface area contributed by atoms with E-state index in [-0.39, 0.29) is 17.7 Å². The standard InChI is InChI=1S/C21H28N2O4/c1-14(2)13-23-20(24)18(15-8-9-16(26-3)17(12-15)27-4)19(21(23)25)22-10-6-5-7-11-22/h8-9,12,14H,5-7,10-11,13H2,1-4H3. The van der Waals surface area contributed by atoms with Crippen LogP contribution in [0.3, 0.4) is 0 Å². The highest BCUT2D eigenvalue weighted by Crippen LogP contribution is 2.37. The van der Waals surface area contributed by atoms with Crippen molar-refractivity contribution in [3.8, 4) is 11.5 Å². The van der Waals surface area contributed by atoms with Crippen LogP contribution in [0.5, 0.6) is 11.5 Å². The fourth-order valence-corrected chi connectivity index (χ4v) is 3.76. The van der Waals surface area contributed by atoms with Gasteiger partial charge < -0.3 is 14.4 Å². The van der Waals surface area contributed by atoms with Gasteiger partial charge in [0.05, 0.1) is 19.8 Å². The number of likely N-dealkylation sites (tertiary alicyclic amines) is 1. The van der Waals surface area contributed by atoms with Gasteiger partial charge in [0.25, 0.3) is 11.8 Å². The first-order chi connectivity index (χ1) is 13.0. The van der Waals surface area contributed by atoms with E-state index in [1.54, 1.807) is 26.4 Å². The lowest BCUT2D eigenvalue weighted by Gasteiger charge is -2.29. The van der Waals surface area contributed by atoms with Gasteiger partial charge in [-0.25, -0.2) is 0 Å². The van der Waals surface area contributed by atoms with E-state index in [0.717, 1.165) is 32.4 Å². The van der Waals surface area contributed by atoms with Crippen LogP contribution in [-0.2, 0) is 9.59 Å². The molecule has 0 radical (unpaired) electrons. The Labute approximate surface area is 160 Å². The minimum atomic E-state index is -0.221. The second kappa shape index (κ2) is 8.03. The first-order valence-corrected chi connectivity index (χ1v) is 9.55. The predicted molar refractivity (Wildman–Crippen MR) is 103 cm³/mol. The van der Waals surface area contributed by atoms with Gasteiger partial charge in [0.15, 0.2) is 11.5 Å². The summed E-state index contributed by atoms with van der Waals surface area (Å²) in [5.74, 6) is 0.951. The zero-order valence-corrected chi connectivity index (χ0v) is 16.6. The molecule has 1 aromatic rings. The molecule has 2 aliphatic rings. The fraction of sp³-hybridized carbons (Fsp3) is 0.524. The van der Waals surface area contributed by atoms with Crippen LogP contribution in [0.15, 0.2) is 23.9 Å². The highest BCUT2D eigenvalue weighted by Gasteiger charge is 2.42. The van der Waals surface area contributed by atoms with Crippen LogP contribution in [0.25, 0.3) is 5.57 Å². The molecule has 0 aliphatic carbocycles. The van der Waals surface area contributed by atoms with E-state index in [1.165, 1.54) is 4.90 Å². The summed E-state index contributed by atoms with van der Waals surface area (Å²) in [5, 5.41) is 0. The van der Waals surface area contributed by atoms with Crippen molar-refractivity contribution in [1.82, 2.24) is 9.80 Å². The van der Waals surface area contributed by atoms with Crippen molar-refractivity contribution >= 4 is 17.4 Å². The molecular weight excluding hydrogens is 344 g/mol. The van der Waals surface area contributed by atoms with Gasteiger partial charge in [-0.1, -0.05) is 19.9 Å². The average molecular weight is 372 g/mol. The van der Waals surface area contributed by atoms with Crippen LogP contribution in [-0.4, -0.2) is 55.5 Å². The van der Waals surface area contributed by atoms with Crippen LogP contribution >= 0.6 is 0 Å². The Kier molecular flexibility index (Phi) is 5.73. The number of nitrogens with zero attached hydrogens (tertiary/aromatic N) is 2. The number of ether oxygens (including phenoxy) is 2. The molecule has 6 heteroatoms. The number of piperidine rings is 1. The molecule has 0 atom stereocenters. The molecule has 0 N–H and O–H groups in total. The maximum absolute atomic E-state index is 13.2. The number of rotatable bonds is 6. The van der Waals surface area contributed by atoms with Crippen LogP contribution in [0.4, 0.5) is 0 Å². The average Bonchev–Trinajstić information content (AvgIpc) is 2.92. The number of benzene rings is 1. The SMILES string of the molecule is COc1ccc(C2=C(N3CCCCC3)C(=O)N(CC(C)C)C2=O)cc1OC. The maximum atomic E-state index is 13.2. The zero-order chi connectivity index (χ0) is 19.6. The molecule has 1 saturated heterocycles. The second-order valence-corrected chi connectivity index (χ2v) is 7.46. The van der Waals surface area contributed by atoms with Gasteiger partial charge in [-0.15, -0.1) is 0 Å². The van der Waals surface area contributed by atoms with Crippen LogP contribution in [0.1, 0.15) is 38.7 Å². The Balaban J connectivity index is 2.09. The number of hydrogen-bond donors (Lipinski definition) is 0. The smallest absolute Gasteiger partial charge is 0.277 e. The Morgan fingerprint density at radius 1 is 0.963 bits per heavy atom. The highest BCUT2D eigenvalue weighted by atomic mass is 16.5. The Morgan fingerprint density at radius 2 is 1.63 bits per heavy atom. The van der Waals surface area contributed by atoms with Crippen molar-refractivity contribution in [3.05, 3.63) is 29.5 Å². The van der Waals surface area contributed by atoms with E-state index in [4.69, 9.17) is 9.47 Å². The van der Waals surface area contributed by atoms with Crippen LogP contribution in [0.2, 0.25) is 0 Å². The van der Waals surface area contributed by atoms with Crippen LogP contribution < -0.4 is 9.47 Å². The lowest BCUT2D eigenvalue weighted by molar-refractivity contribution is -0.138. The third-order valence-corrected chi connectivity index (χ3v) is 5.04. The molecule has 2 heterocycles. The van der Waals surface area contributed by atoms with Crippen molar-refractivity contribution < 1.29 is 19.1 Å². The van der Waals surface area contributed by atoms with Crippen molar-refractivity contribution in [1.29, 1.82) is 0 Å². The molecular formula is C21H28N2O4. The summed E-state index contributed by atoms with van der Waals surface area (Å²) in [5.41, 5.74) is 1.70. The third-order valence-electron chi connectivity index (χ3n) is 5.04. The highest BCUT2D eigenvalue weighted by molar-refractivity contribution is 6.35. The first-order valence-electron chi connectivity index (χ1n) is 9.55. The summed E-state index contributed by atoms with van der Waals surface area (Å²) in [6.07, 6.45) is 3.23. The summed E-state index contributed by atoms with van der Waals surface area (Å²) in [6, 6.07) is 5.38. The number of carbonyl (C=O) groups is 2. The summed E-state index contributed by atoms with van der Waals surface area (Å²) >= 11 is 0. The van der Waals surface area contributed by atoms with E-state index >= 15 is 0 Å². The van der Waals surface area contributed by atoms with Gasteiger partial charge in [-0.05, 0) is 42.9 Å². The van der Waals surface area contributed by atoms with E-state index in [9.17, 15) is 9.59 Å². The molecule has 0 bridgehead atoms. The summed E-state index contributed by atoms with van der Waals surface area (Å²) in [6.45, 7) is 6.05. The van der Waals surface area contributed by atoms with Gasteiger partial charge in [0.2, 0.25) is 0 Å². The lowest BCUT2D eigenvalue weighted by atomic mass is 10.0. The number of methoxy groups -OCH3 is 2. The summed E-state index contributed by atoms with van der Waals surface area (Å²) < 4.78 is 10.7. The molecule has 3 rings (SSSR count). The van der Waals surface area contributed by atoms with E-state index in [2.05, 4.69) is 4.90 Å².